The number of carbonyl (C=O) groups is 2. The van der Waals surface area contributed by atoms with Crippen LogP contribution in [0.5, 0.6) is 5.75 Å². The predicted molar refractivity (Wildman–Crippen MR) is 115 cm³/mol. The molecular weight excluding hydrogens is 380 g/mol. The van der Waals surface area contributed by atoms with E-state index in [9.17, 15) is 9.59 Å². The van der Waals surface area contributed by atoms with E-state index in [2.05, 4.69) is 16.6 Å². The third-order valence-electron chi connectivity index (χ3n) is 6.01. The number of esters is 1. The number of hydrogen-bond donors (Lipinski definition) is 2. The smallest absolute Gasteiger partial charge is 0.338 e. The molecule has 1 aromatic rings. The third-order valence-corrected chi connectivity index (χ3v) is 6.01. The van der Waals surface area contributed by atoms with Crippen LogP contribution in [0.1, 0.15) is 75.1 Å². The molecule has 0 atom stereocenters. The average molecular weight is 413 g/mol. The molecule has 3 rings (SSSR count). The van der Waals surface area contributed by atoms with Crippen molar-refractivity contribution >= 4 is 12.0 Å². The summed E-state index contributed by atoms with van der Waals surface area (Å²) in [6.07, 6.45) is 14.3. The molecule has 2 fully saturated rings. The molecule has 2 amide bonds. The van der Waals surface area contributed by atoms with Crippen molar-refractivity contribution in [1.82, 2.24) is 10.6 Å². The number of terminal acetylenes is 1. The molecule has 2 saturated carbocycles. The van der Waals surface area contributed by atoms with E-state index >= 15 is 0 Å². The lowest BCUT2D eigenvalue weighted by Crippen LogP contribution is -2.54. The van der Waals surface area contributed by atoms with Gasteiger partial charge in [-0.15, -0.1) is 6.42 Å². The fraction of sp³-hybridized carbons (Fsp3) is 0.583. The van der Waals surface area contributed by atoms with Crippen molar-refractivity contribution in [2.24, 2.45) is 0 Å². The van der Waals surface area contributed by atoms with Crippen LogP contribution in [0.4, 0.5) is 4.79 Å². The summed E-state index contributed by atoms with van der Waals surface area (Å²) in [7, 11) is 0. The van der Waals surface area contributed by atoms with Crippen LogP contribution in [0.25, 0.3) is 0 Å². The zero-order chi connectivity index (χ0) is 21.4. The maximum absolute atomic E-state index is 12.5. The summed E-state index contributed by atoms with van der Waals surface area (Å²) >= 11 is 0. The largest absolute Gasteiger partial charge is 0.490 e. The molecule has 162 valence electrons. The summed E-state index contributed by atoms with van der Waals surface area (Å²) in [6.45, 7) is 2.14. The Morgan fingerprint density at radius 3 is 2.37 bits per heavy atom. The van der Waals surface area contributed by atoms with Gasteiger partial charge in [0.25, 0.3) is 0 Å². The van der Waals surface area contributed by atoms with E-state index in [1.54, 1.807) is 31.2 Å². The molecule has 1 aromatic carbocycles. The number of hydrogen-bond acceptors (Lipinski definition) is 4. The lowest BCUT2D eigenvalue weighted by atomic mass is 9.82. The van der Waals surface area contributed by atoms with Crippen molar-refractivity contribution in [3.05, 3.63) is 29.8 Å². The number of amides is 2. The Balaban J connectivity index is 1.42. The van der Waals surface area contributed by atoms with Crippen LogP contribution in [-0.4, -0.2) is 36.3 Å². The number of urea groups is 1. The maximum atomic E-state index is 12.5. The first-order valence-electron chi connectivity index (χ1n) is 11.0. The van der Waals surface area contributed by atoms with Gasteiger partial charge < -0.3 is 20.1 Å². The van der Waals surface area contributed by atoms with Crippen molar-refractivity contribution < 1.29 is 19.1 Å². The Morgan fingerprint density at radius 1 is 1.10 bits per heavy atom. The van der Waals surface area contributed by atoms with Crippen LogP contribution in [0, 0.1) is 12.3 Å². The first kappa shape index (κ1) is 22.0. The Bertz CT molecular complexity index is 754. The van der Waals surface area contributed by atoms with E-state index < -0.39 is 5.54 Å². The third kappa shape index (κ3) is 5.91. The summed E-state index contributed by atoms with van der Waals surface area (Å²) < 4.78 is 11.0. The van der Waals surface area contributed by atoms with Gasteiger partial charge in [-0.25, -0.2) is 9.59 Å². The molecular formula is C24H32N2O4. The normalized spacial score (nSPS) is 22.9. The minimum Gasteiger partial charge on any atom is -0.490 e. The van der Waals surface area contributed by atoms with Crippen LogP contribution in [0.2, 0.25) is 0 Å². The van der Waals surface area contributed by atoms with E-state index in [0.717, 1.165) is 57.1 Å². The molecule has 0 spiro atoms. The fourth-order valence-electron chi connectivity index (χ4n) is 4.30. The molecule has 0 aromatic heterocycles. The standard InChI is InChI=1S/C24H32N2O4/c1-3-24(16-6-5-7-17-24)26-23(28)25-19-10-14-21(15-11-19)30-20-12-8-18(9-13-20)22(27)29-4-2/h1,8-9,12-13,19,21H,4-7,10-11,14-17H2,2H3,(H2,25,26,28). The molecule has 30 heavy (non-hydrogen) atoms. The highest BCUT2D eigenvalue weighted by Gasteiger charge is 2.32. The monoisotopic (exact) mass is 412 g/mol. The Kier molecular flexibility index (Phi) is 7.62. The van der Waals surface area contributed by atoms with E-state index in [0.29, 0.717) is 12.2 Å². The van der Waals surface area contributed by atoms with Crippen LogP contribution in [0.15, 0.2) is 24.3 Å². The molecule has 2 aliphatic carbocycles. The molecule has 6 nitrogen and oxygen atoms in total. The summed E-state index contributed by atoms with van der Waals surface area (Å²) in [5, 5.41) is 6.14. The van der Waals surface area contributed by atoms with Gasteiger partial charge in [-0.1, -0.05) is 25.2 Å². The predicted octanol–water partition coefficient (Wildman–Crippen LogP) is 4.19. The Morgan fingerprint density at radius 2 is 1.77 bits per heavy atom. The summed E-state index contributed by atoms with van der Waals surface area (Å²) in [5.74, 6) is 3.23. The zero-order valence-electron chi connectivity index (χ0n) is 17.7. The highest BCUT2D eigenvalue weighted by molar-refractivity contribution is 5.89. The van der Waals surface area contributed by atoms with Gasteiger partial charge in [0.1, 0.15) is 11.3 Å². The SMILES string of the molecule is C#CC1(NC(=O)NC2CCC(Oc3ccc(C(=O)OCC)cc3)CC2)CCCCC1. The first-order chi connectivity index (χ1) is 14.5. The van der Waals surface area contributed by atoms with E-state index in [1.165, 1.54) is 6.42 Å². The van der Waals surface area contributed by atoms with Gasteiger partial charge in [0, 0.05) is 6.04 Å². The number of carbonyl (C=O) groups excluding carboxylic acids is 2. The topological polar surface area (TPSA) is 76.7 Å². The van der Waals surface area contributed by atoms with Gasteiger partial charge >= 0.3 is 12.0 Å². The highest BCUT2D eigenvalue weighted by atomic mass is 16.5. The van der Waals surface area contributed by atoms with E-state index in [-0.39, 0.29) is 24.1 Å². The second-order valence-electron chi connectivity index (χ2n) is 8.22. The van der Waals surface area contributed by atoms with E-state index in [4.69, 9.17) is 15.9 Å². The molecule has 0 unspecified atom stereocenters. The van der Waals surface area contributed by atoms with Gasteiger partial charge in [-0.05, 0) is 69.7 Å². The second-order valence-corrected chi connectivity index (χ2v) is 8.22. The fourth-order valence-corrected chi connectivity index (χ4v) is 4.30. The Labute approximate surface area is 179 Å². The van der Waals surface area contributed by atoms with Crippen molar-refractivity contribution in [3.8, 4) is 18.1 Å². The minimum atomic E-state index is -0.488. The highest BCUT2D eigenvalue weighted by Crippen LogP contribution is 2.28. The molecule has 0 saturated heterocycles. The molecule has 0 aliphatic heterocycles. The lowest BCUT2D eigenvalue weighted by Gasteiger charge is -2.35. The molecule has 2 N–H and O–H groups in total. The van der Waals surface area contributed by atoms with Gasteiger partial charge in [0.05, 0.1) is 18.3 Å². The maximum Gasteiger partial charge on any atom is 0.338 e. The summed E-state index contributed by atoms with van der Waals surface area (Å²) in [6, 6.07) is 7.01. The molecule has 6 heteroatoms. The molecule has 0 bridgehead atoms. The first-order valence-corrected chi connectivity index (χ1v) is 11.0. The van der Waals surface area contributed by atoms with Gasteiger partial charge in [0.15, 0.2) is 0 Å². The molecule has 2 aliphatic rings. The summed E-state index contributed by atoms with van der Waals surface area (Å²) in [4.78, 5) is 24.2. The second kappa shape index (κ2) is 10.4. The lowest BCUT2D eigenvalue weighted by molar-refractivity contribution is 0.0526. The number of nitrogens with one attached hydrogen (secondary N) is 2. The van der Waals surface area contributed by atoms with E-state index in [1.807, 2.05) is 0 Å². The van der Waals surface area contributed by atoms with Crippen LogP contribution < -0.4 is 15.4 Å². The summed E-state index contributed by atoms with van der Waals surface area (Å²) in [5.41, 5.74) is 0.0315. The minimum absolute atomic E-state index is 0.106. The van der Waals surface area contributed by atoms with Gasteiger partial charge in [-0.2, -0.15) is 0 Å². The van der Waals surface area contributed by atoms with Crippen LogP contribution in [-0.2, 0) is 4.74 Å². The molecule has 0 heterocycles. The number of benzene rings is 1. The van der Waals surface area contributed by atoms with Crippen LogP contribution >= 0.6 is 0 Å². The van der Waals surface area contributed by atoms with Crippen molar-refractivity contribution in [3.63, 3.8) is 0 Å². The number of ether oxygens (including phenoxy) is 2. The van der Waals surface area contributed by atoms with Crippen molar-refractivity contribution in [2.45, 2.75) is 82.4 Å². The van der Waals surface area contributed by atoms with Crippen molar-refractivity contribution in [1.29, 1.82) is 0 Å². The van der Waals surface area contributed by atoms with Crippen molar-refractivity contribution in [2.75, 3.05) is 6.61 Å². The average Bonchev–Trinajstić information content (AvgIpc) is 2.76. The van der Waals surface area contributed by atoms with Crippen LogP contribution in [0.3, 0.4) is 0 Å². The molecule has 0 radical (unpaired) electrons. The van der Waals surface area contributed by atoms with Gasteiger partial charge in [-0.3, -0.25) is 0 Å². The number of rotatable bonds is 6. The quantitative estimate of drug-likeness (QED) is 0.543. The van der Waals surface area contributed by atoms with Gasteiger partial charge in [0.2, 0.25) is 0 Å². The zero-order valence-corrected chi connectivity index (χ0v) is 17.7. The Hall–Kier alpha value is -2.68.